The summed E-state index contributed by atoms with van der Waals surface area (Å²) >= 11 is 0. The van der Waals surface area contributed by atoms with E-state index < -0.39 is 11.4 Å². The first kappa shape index (κ1) is 23.5. The van der Waals surface area contributed by atoms with Crippen LogP contribution >= 0.6 is 0 Å². The summed E-state index contributed by atoms with van der Waals surface area (Å²) in [5, 5.41) is 2.47. The van der Waals surface area contributed by atoms with E-state index in [1.807, 2.05) is 32.9 Å². The number of nitrogens with zero attached hydrogens (tertiary/aromatic N) is 2. The van der Waals surface area contributed by atoms with Crippen molar-refractivity contribution in [2.24, 2.45) is 0 Å². The molecule has 0 aliphatic carbocycles. The Morgan fingerprint density at radius 3 is 2.53 bits per heavy atom. The minimum Gasteiger partial charge on any atom is -0.473 e. The first-order chi connectivity index (χ1) is 15.2. The fourth-order valence-corrected chi connectivity index (χ4v) is 3.52. The molecule has 0 unspecified atom stereocenters. The Morgan fingerprint density at radius 2 is 1.91 bits per heavy atom. The molecule has 1 N–H and O–H groups in total. The van der Waals surface area contributed by atoms with Gasteiger partial charge in [-0.1, -0.05) is 12.1 Å². The predicted octanol–water partition coefficient (Wildman–Crippen LogP) is 4.27. The van der Waals surface area contributed by atoms with Crippen LogP contribution in [0.1, 0.15) is 61.1 Å². The fraction of sp³-hybridized carbons (Fsp3) is 0.458. The number of hydrogen-bond acceptors (Lipinski definition) is 5. The number of likely N-dealkylation sites (tertiary alicyclic amines) is 1. The number of carbonyl (C=O) groups is 2. The summed E-state index contributed by atoms with van der Waals surface area (Å²) in [5.41, 5.74) is 0.979. The van der Waals surface area contributed by atoms with Crippen LogP contribution in [0, 0.1) is 5.82 Å². The van der Waals surface area contributed by atoms with Crippen molar-refractivity contribution in [3.8, 4) is 5.88 Å². The number of rotatable bonds is 5. The van der Waals surface area contributed by atoms with Crippen LogP contribution in [0.4, 0.5) is 9.18 Å². The zero-order valence-electron chi connectivity index (χ0n) is 19.0. The van der Waals surface area contributed by atoms with Gasteiger partial charge in [0.05, 0.1) is 0 Å². The van der Waals surface area contributed by atoms with Crippen LogP contribution in [-0.4, -0.2) is 47.6 Å². The summed E-state index contributed by atoms with van der Waals surface area (Å²) in [4.78, 5) is 30.2. The quantitative estimate of drug-likeness (QED) is 0.746. The standard InChI is InChI=1S/C24H30FN3O4/c1-24(2,3)32-23(30)28-12-10-16(11-13-28)20-6-5-7-21(27-20)31-15-18-9-8-17(14-19(18)25)22(29)26-4/h5-9,14,16H,10-13,15H2,1-4H3,(H,26,29). The van der Waals surface area contributed by atoms with Crippen molar-refractivity contribution < 1.29 is 23.5 Å². The second-order valence-corrected chi connectivity index (χ2v) is 8.82. The minimum atomic E-state index is -0.511. The average molecular weight is 444 g/mol. The lowest BCUT2D eigenvalue weighted by molar-refractivity contribution is 0.0203. The van der Waals surface area contributed by atoms with Gasteiger partial charge in [-0.2, -0.15) is 0 Å². The number of piperidine rings is 1. The SMILES string of the molecule is CNC(=O)c1ccc(COc2cccc(C3CCN(C(=O)OC(C)(C)C)CC3)n2)c(F)c1. The summed E-state index contributed by atoms with van der Waals surface area (Å²) in [5.74, 6) is -0.229. The van der Waals surface area contributed by atoms with Crippen LogP contribution < -0.4 is 10.1 Å². The third kappa shape index (κ3) is 6.18. The molecule has 8 heteroatoms. The highest BCUT2D eigenvalue weighted by molar-refractivity contribution is 5.94. The van der Waals surface area contributed by atoms with Gasteiger partial charge in [-0.15, -0.1) is 0 Å². The van der Waals surface area contributed by atoms with Gasteiger partial charge >= 0.3 is 6.09 Å². The topological polar surface area (TPSA) is 80.8 Å². The summed E-state index contributed by atoms with van der Waals surface area (Å²) in [7, 11) is 1.50. The number of aromatic nitrogens is 1. The van der Waals surface area contributed by atoms with E-state index in [-0.39, 0.29) is 30.1 Å². The lowest BCUT2D eigenvalue weighted by Gasteiger charge is -2.33. The zero-order valence-corrected chi connectivity index (χ0v) is 19.0. The lowest BCUT2D eigenvalue weighted by Crippen LogP contribution is -2.41. The smallest absolute Gasteiger partial charge is 0.410 e. The summed E-state index contributed by atoms with van der Waals surface area (Å²) in [6.07, 6.45) is 1.28. The van der Waals surface area contributed by atoms with Gasteiger partial charge < -0.3 is 19.7 Å². The Bertz CT molecular complexity index is 966. The van der Waals surface area contributed by atoms with Crippen LogP contribution in [-0.2, 0) is 11.3 Å². The highest BCUT2D eigenvalue weighted by Gasteiger charge is 2.28. The molecule has 2 heterocycles. The second kappa shape index (κ2) is 9.97. The molecule has 0 bridgehead atoms. The third-order valence-corrected chi connectivity index (χ3v) is 5.23. The van der Waals surface area contributed by atoms with E-state index >= 15 is 0 Å². The maximum Gasteiger partial charge on any atom is 0.410 e. The van der Waals surface area contributed by atoms with Crippen molar-refractivity contribution in [2.75, 3.05) is 20.1 Å². The van der Waals surface area contributed by atoms with Crippen molar-refractivity contribution >= 4 is 12.0 Å². The number of carbonyl (C=O) groups excluding carboxylic acids is 2. The Morgan fingerprint density at radius 1 is 1.19 bits per heavy atom. The minimum absolute atomic E-state index is 0.00734. The highest BCUT2D eigenvalue weighted by atomic mass is 19.1. The molecule has 32 heavy (non-hydrogen) atoms. The highest BCUT2D eigenvalue weighted by Crippen LogP contribution is 2.29. The van der Waals surface area contributed by atoms with E-state index in [1.54, 1.807) is 17.0 Å². The summed E-state index contributed by atoms with van der Waals surface area (Å²) in [6, 6.07) is 9.83. The molecule has 1 saturated heterocycles. The normalized spacial score (nSPS) is 14.7. The Labute approximate surface area is 187 Å². The van der Waals surface area contributed by atoms with E-state index in [1.165, 1.54) is 19.2 Å². The number of amides is 2. The van der Waals surface area contributed by atoms with Gasteiger partial charge in [0.15, 0.2) is 0 Å². The van der Waals surface area contributed by atoms with E-state index in [0.717, 1.165) is 18.5 Å². The van der Waals surface area contributed by atoms with Gasteiger partial charge in [-0.3, -0.25) is 4.79 Å². The third-order valence-electron chi connectivity index (χ3n) is 5.23. The number of halogens is 1. The van der Waals surface area contributed by atoms with Crippen molar-refractivity contribution in [1.82, 2.24) is 15.2 Å². The fourth-order valence-electron chi connectivity index (χ4n) is 3.52. The van der Waals surface area contributed by atoms with Crippen LogP contribution in [0.25, 0.3) is 0 Å². The molecule has 1 fully saturated rings. The largest absolute Gasteiger partial charge is 0.473 e. The number of benzene rings is 1. The van der Waals surface area contributed by atoms with Crippen molar-refractivity contribution in [1.29, 1.82) is 0 Å². The molecule has 1 aromatic carbocycles. The summed E-state index contributed by atoms with van der Waals surface area (Å²) < 4.78 is 25.5. The van der Waals surface area contributed by atoms with E-state index in [4.69, 9.17) is 9.47 Å². The molecule has 0 saturated carbocycles. The van der Waals surface area contributed by atoms with Gasteiger partial charge in [0.1, 0.15) is 18.0 Å². The van der Waals surface area contributed by atoms with Crippen LogP contribution in [0.3, 0.4) is 0 Å². The zero-order chi connectivity index (χ0) is 23.3. The molecule has 0 atom stereocenters. The maximum atomic E-state index is 14.3. The first-order valence-electron chi connectivity index (χ1n) is 10.7. The van der Waals surface area contributed by atoms with Crippen LogP contribution in [0.15, 0.2) is 36.4 Å². The molecule has 0 spiro atoms. The van der Waals surface area contributed by atoms with Crippen LogP contribution in [0.5, 0.6) is 5.88 Å². The van der Waals surface area contributed by atoms with Gasteiger partial charge in [-0.05, 0) is 51.8 Å². The Kier molecular flexibility index (Phi) is 7.33. The first-order valence-corrected chi connectivity index (χ1v) is 10.7. The average Bonchev–Trinajstić information content (AvgIpc) is 2.77. The number of ether oxygens (including phenoxy) is 2. The molecule has 2 aromatic rings. The maximum absolute atomic E-state index is 14.3. The molecule has 1 aliphatic rings. The van der Waals surface area contributed by atoms with Crippen molar-refractivity contribution in [3.05, 3.63) is 59.0 Å². The molecule has 2 amide bonds. The Hall–Kier alpha value is -3.16. The van der Waals surface area contributed by atoms with Crippen LogP contribution in [0.2, 0.25) is 0 Å². The monoisotopic (exact) mass is 443 g/mol. The Balaban J connectivity index is 1.57. The molecule has 172 valence electrons. The van der Waals surface area contributed by atoms with Gasteiger partial charge in [0.25, 0.3) is 5.91 Å². The predicted molar refractivity (Wildman–Crippen MR) is 118 cm³/mol. The molecule has 3 rings (SSSR count). The lowest BCUT2D eigenvalue weighted by atomic mass is 9.93. The molecular weight excluding hydrogens is 413 g/mol. The molecular formula is C24H30FN3O4. The number of nitrogens with one attached hydrogen (secondary N) is 1. The molecule has 1 aromatic heterocycles. The van der Waals surface area contributed by atoms with Gasteiger partial charge in [0.2, 0.25) is 5.88 Å². The molecule has 0 radical (unpaired) electrons. The van der Waals surface area contributed by atoms with E-state index in [2.05, 4.69) is 10.3 Å². The van der Waals surface area contributed by atoms with Crippen molar-refractivity contribution in [2.45, 2.75) is 51.7 Å². The molecule has 7 nitrogen and oxygen atoms in total. The van der Waals surface area contributed by atoms with Gasteiger partial charge in [0, 0.05) is 48.9 Å². The van der Waals surface area contributed by atoms with E-state index in [9.17, 15) is 14.0 Å². The molecule has 1 aliphatic heterocycles. The van der Waals surface area contributed by atoms with Gasteiger partial charge in [-0.25, -0.2) is 14.2 Å². The van der Waals surface area contributed by atoms with Crippen molar-refractivity contribution in [3.63, 3.8) is 0 Å². The second-order valence-electron chi connectivity index (χ2n) is 8.82. The number of hydrogen-bond donors (Lipinski definition) is 1. The van der Waals surface area contributed by atoms with E-state index in [0.29, 0.717) is 24.5 Å². The number of pyridine rings is 1. The summed E-state index contributed by atoms with van der Waals surface area (Å²) in [6.45, 7) is 6.79.